The normalized spacial score (nSPS) is 11.0. The highest BCUT2D eigenvalue weighted by atomic mass is 19.1. The van der Waals surface area contributed by atoms with E-state index in [-0.39, 0.29) is 11.7 Å². The second-order valence-corrected chi connectivity index (χ2v) is 6.91. The van der Waals surface area contributed by atoms with E-state index < -0.39 is 0 Å². The summed E-state index contributed by atoms with van der Waals surface area (Å²) in [5, 5.41) is 7.51. The Morgan fingerprint density at radius 2 is 1.67 bits per heavy atom. The maximum atomic E-state index is 13.4. The second-order valence-electron chi connectivity index (χ2n) is 6.91. The molecule has 4 nitrogen and oxygen atoms in total. The van der Waals surface area contributed by atoms with Crippen LogP contribution < -0.4 is 5.32 Å². The number of nitrogens with one attached hydrogen (secondary N) is 1. The first-order chi connectivity index (χ1) is 14.6. The molecular weight excluding hydrogens is 377 g/mol. The highest BCUT2D eigenvalue weighted by molar-refractivity contribution is 6.02. The molecule has 0 fully saturated rings. The van der Waals surface area contributed by atoms with E-state index in [1.807, 2.05) is 67.7 Å². The second kappa shape index (κ2) is 8.57. The van der Waals surface area contributed by atoms with Gasteiger partial charge in [0.2, 0.25) is 5.91 Å². The molecule has 0 spiro atoms. The van der Waals surface area contributed by atoms with Gasteiger partial charge in [-0.25, -0.2) is 9.07 Å². The van der Waals surface area contributed by atoms with E-state index in [0.29, 0.717) is 5.69 Å². The molecule has 1 N–H and O–H groups in total. The molecule has 3 aromatic carbocycles. The van der Waals surface area contributed by atoms with Crippen LogP contribution in [0.1, 0.15) is 11.1 Å². The van der Waals surface area contributed by atoms with E-state index in [4.69, 9.17) is 0 Å². The van der Waals surface area contributed by atoms with Crippen LogP contribution in [0.4, 0.5) is 10.1 Å². The third-order valence-corrected chi connectivity index (χ3v) is 4.61. The molecule has 0 radical (unpaired) electrons. The van der Waals surface area contributed by atoms with Crippen molar-refractivity contribution >= 4 is 17.7 Å². The Balaban J connectivity index is 1.64. The number of hydrogen-bond acceptors (Lipinski definition) is 2. The highest BCUT2D eigenvalue weighted by Gasteiger charge is 2.11. The molecule has 1 heterocycles. The van der Waals surface area contributed by atoms with Gasteiger partial charge in [0.25, 0.3) is 0 Å². The molecule has 0 aliphatic heterocycles. The maximum Gasteiger partial charge on any atom is 0.248 e. The summed E-state index contributed by atoms with van der Waals surface area (Å²) < 4.78 is 15.1. The Labute approximate surface area is 174 Å². The first-order valence-electron chi connectivity index (χ1n) is 9.55. The molecule has 0 unspecified atom stereocenters. The van der Waals surface area contributed by atoms with Crippen LogP contribution >= 0.6 is 0 Å². The molecule has 30 heavy (non-hydrogen) atoms. The number of carbonyl (C=O) groups excluding carboxylic acids is 1. The molecule has 0 saturated carbocycles. The van der Waals surface area contributed by atoms with Crippen molar-refractivity contribution < 1.29 is 9.18 Å². The zero-order valence-electron chi connectivity index (χ0n) is 16.4. The van der Waals surface area contributed by atoms with Gasteiger partial charge < -0.3 is 5.32 Å². The van der Waals surface area contributed by atoms with Crippen LogP contribution in [0.3, 0.4) is 0 Å². The van der Waals surface area contributed by atoms with Crippen LogP contribution in [-0.4, -0.2) is 15.7 Å². The lowest BCUT2D eigenvalue weighted by Crippen LogP contribution is -2.07. The fourth-order valence-corrected chi connectivity index (χ4v) is 3.04. The summed E-state index contributed by atoms with van der Waals surface area (Å²) in [5.41, 5.74) is 4.94. The number of aryl methyl sites for hydroxylation is 1. The minimum absolute atomic E-state index is 0.239. The third-order valence-electron chi connectivity index (χ3n) is 4.61. The van der Waals surface area contributed by atoms with Gasteiger partial charge in [-0.2, -0.15) is 5.10 Å². The summed E-state index contributed by atoms with van der Waals surface area (Å²) in [6.07, 6.45) is 5.04. The van der Waals surface area contributed by atoms with Gasteiger partial charge >= 0.3 is 0 Å². The SMILES string of the molecule is Cc1ccc(NC(=O)/C=C\c2cn(-c3ccccc3)nc2-c2ccc(F)cc2)cc1. The van der Waals surface area contributed by atoms with Crippen LogP contribution in [0.5, 0.6) is 0 Å². The molecule has 4 aromatic rings. The summed E-state index contributed by atoms with van der Waals surface area (Å²) in [4.78, 5) is 12.4. The average molecular weight is 397 g/mol. The summed E-state index contributed by atoms with van der Waals surface area (Å²) in [5.74, 6) is -0.549. The lowest BCUT2D eigenvalue weighted by Gasteiger charge is -2.02. The summed E-state index contributed by atoms with van der Waals surface area (Å²) in [6.45, 7) is 1.99. The number of nitrogens with zero attached hydrogens (tertiary/aromatic N) is 2. The average Bonchev–Trinajstić information content (AvgIpc) is 3.19. The van der Waals surface area contributed by atoms with Gasteiger partial charge in [0.1, 0.15) is 5.82 Å². The summed E-state index contributed by atoms with van der Waals surface area (Å²) in [6, 6.07) is 23.4. The molecular formula is C25H20FN3O. The molecule has 4 rings (SSSR count). The molecule has 0 aliphatic carbocycles. The predicted molar refractivity (Wildman–Crippen MR) is 118 cm³/mol. The number of aromatic nitrogens is 2. The van der Waals surface area contributed by atoms with Gasteiger partial charge in [0.05, 0.1) is 11.4 Å². The van der Waals surface area contributed by atoms with Gasteiger partial charge in [-0.1, -0.05) is 35.9 Å². The van der Waals surface area contributed by atoms with E-state index in [1.54, 1.807) is 22.9 Å². The number of benzene rings is 3. The monoisotopic (exact) mass is 397 g/mol. The van der Waals surface area contributed by atoms with Crippen molar-refractivity contribution in [3.63, 3.8) is 0 Å². The van der Waals surface area contributed by atoms with Gasteiger partial charge in [0, 0.05) is 29.1 Å². The van der Waals surface area contributed by atoms with Crippen LogP contribution in [0.15, 0.2) is 91.1 Å². The van der Waals surface area contributed by atoms with Crippen molar-refractivity contribution in [3.8, 4) is 16.9 Å². The number of para-hydroxylation sites is 1. The van der Waals surface area contributed by atoms with Crippen molar-refractivity contribution in [1.82, 2.24) is 9.78 Å². The van der Waals surface area contributed by atoms with E-state index in [9.17, 15) is 9.18 Å². The Morgan fingerprint density at radius 3 is 2.37 bits per heavy atom. The fourth-order valence-electron chi connectivity index (χ4n) is 3.04. The molecule has 148 valence electrons. The number of anilines is 1. The number of halogens is 1. The lowest BCUT2D eigenvalue weighted by molar-refractivity contribution is -0.111. The van der Waals surface area contributed by atoms with Crippen LogP contribution in [0.25, 0.3) is 23.0 Å². The summed E-state index contributed by atoms with van der Waals surface area (Å²) in [7, 11) is 0. The standard InChI is InChI=1S/C25H20FN3O/c1-18-7-14-22(15-8-18)27-24(30)16-11-20-17-29(23-5-3-2-4-6-23)28-25(20)19-9-12-21(26)13-10-19/h2-17H,1H3,(H,27,30)/b16-11-. The van der Waals surface area contributed by atoms with Crippen molar-refractivity contribution in [2.24, 2.45) is 0 Å². The zero-order valence-corrected chi connectivity index (χ0v) is 16.4. The van der Waals surface area contributed by atoms with Crippen molar-refractivity contribution in [2.75, 3.05) is 5.32 Å². The van der Waals surface area contributed by atoms with E-state index in [2.05, 4.69) is 10.4 Å². The predicted octanol–water partition coefficient (Wildman–Crippen LogP) is 5.64. The van der Waals surface area contributed by atoms with Crippen molar-refractivity contribution in [1.29, 1.82) is 0 Å². The largest absolute Gasteiger partial charge is 0.323 e. The molecule has 1 amide bonds. The van der Waals surface area contributed by atoms with E-state index in [0.717, 1.165) is 28.1 Å². The number of hydrogen-bond donors (Lipinski definition) is 1. The highest BCUT2D eigenvalue weighted by Crippen LogP contribution is 2.25. The summed E-state index contributed by atoms with van der Waals surface area (Å²) >= 11 is 0. The maximum absolute atomic E-state index is 13.4. The minimum Gasteiger partial charge on any atom is -0.323 e. The van der Waals surface area contributed by atoms with Crippen LogP contribution in [-0.2, 0) is 4.79 Å². The van der Waals surface area contributed by atoms with Crippen molar-refractivity contribution in [2.45, 2.75) is 6.92 Å². The van der Waals surface area contributed by atoms with Crippen LogP contribution in [0.2, 0.25) is 0 Å². The van der Waals surface area contributed by atoms with Gasteiger partial charge in [-0.05, 0) is 61.5 Å². The quantitative estimate of drug-likeness (QED) is 0.443. The van der Waals surface area contributed by atoms with Crippen LogP contribution in [0, 0.1) is 12.7 Å². The van der Waals surface area contributed by atoms with Gasteiger partial charge in [0.15, 0.2) is 0 Å². The minimum atomic E-state index is -0.309. The first-order valence-corrected chi connectivity index (χ1v) is 9.55. The Kier molecular flexibility index (Phi) is 5.52. The Hall–Kier alpha value is -3.99. The fraction of sp³-hybridized carbons (Fsp3) is 0.0400. The van der Waals surface area contributed by atoms with Gasteiger partial charge in [-0.3, -0.25) is 4.79 Å². The molecule has 0 saturated heterocycles. The molecule has 1 aromatic heterocycles. The molecule has 0 bridgehead atoms. The molecule has 0 aliphatic rings. The van der Waals surface area contributed by atoms with Crippen molar-refractivity contribution in [3.05, 3.63) is 108 Å². The Bertz CT molecular complexity index is 1180. The zero-order chi connectivity index (χ0) is 20.9. The van der Waals surface area contributed by atoms with E-state index >= 15 is 0 Å². The lowest BCUT2D eigenvalue weighted by atomic mass is 10.1. The third kappa shape index (κ3) is 4.52. The number of amides is 1. The molecule has 0 atom stereocenters. The molecule has 5 heteroatoms. The first kappa shape index (κ1) is 19.3. The Morgan fingerprint density at radius 1 is 0.967 bits per heavy atom. The van der Waals surface area contributed by atoms with E-state index in [1.165, 1.54) is 18.2 Å². The topological polar surface area (TPSA) is 46.9 Å². The number of carbonyl (C=O) groups is 1. The van der Waals surface area contributed by atoms with Gasteiger partial charge in [-0.15, -0.1) is 0 Å². The number of rotatable bonds is 5. The smallest absolute Gasteiger partial charge is 0.248 e.